The molecule has 2 heterocycles. The number of piperidine rings is 1. The zero-order valence-corrected chi connectivity index (χ0v) is 12.6. The summed E-state index contributed by atoms with van der Waals surface area (Å²) in [6, 6.07) is 0.177. The average Bonchev–Trinajstić information content (AvgIpc) is 2.80. The van der Waals surface area contributed by atoms with Crippen LogP contribution in [0, 0.1) is 11.8 Å². The first-order chi connectivity index (χ1) is 8.95. The van der Waals surface area contributed by atoms with Gasteiger partial charge in [0.25, 0.3) is 0 Å². The normalized spacial score (nSPS) is 31.5. The van der Waals surface area contributed by atoms with E-state index in [-0.39, 0.29) is 6.04 Å². The molecule has 6 heteroatoms. The Labute approximate surface area is 116 Å². The van der Waals surface area contributed by atoms with Crippen molar-refractivity contribution in [3.63, 3.8) is 0 Å². The predicted octanol–water partition coefficient (Wildman–Crippen LogP) is 0.802. The summed E-state index contributed by atoms with van der Waals surface area (Å²) in [6.07, 6.45) is 6.41. The third-order valence-corrected chi connectivity index (χ3v) is 5.52. The first-order valence-electron chi connectivity index (χ1n) is 7.23. The molecule has 0 bridgehead atoms. The summed E-state index contributed by atoms with van der Waals surface area (Å²) in [5.41, 5.74) is 6.22. The lowest BCUT2D eigenvalue weighted by Crippen LogP contribution is -2.41. The Morgan fingerprint density at radius 1 is 1.32 bits per heavy atom. The van der Waals surface area contributed by atoms with Gasteiger partial charge in [0, 0.05) is 32.3 Å². The van der Waals surface area contributed by atoms with Crippen LogP contribution in [0.3, 0.4) is 0 Å². The monoisotopic (exact) mass is 290 g/mol. The van der Waals surface area contributed by atoms with Crippen molar-refractivity contribution < 1.29 is 13.2 Å². The second-order valence-electron chi connectivity index (χ2n) is 6.09. The van der Waals surface area contributed by atoms with E-state index in [1.165, 1.54) is 6.26 Å². The van der Waals surface area contributed by atoms with Crippen LogP contribution < -0.4 is 5.73 Å². The van der Waals surface area contributed by atoms with Crippen LogP contribution in [0.5, 0.6) is 0 Å². The van der Waals surface area contributed by atoms with E-state index in [2.05, 4.69) is 0 Å². The van der Waals surface area contributed by atoms with E-state index in [0.717, 1.165) is 45.3 Å². The molecule has 0 amide bonds. The van der Waals surface area contributed by atoms with Gasteiger partial charge in [-0.1, -0.05) is 0 Å². The summed E-state index contributed by atoms with van der Waals surface area (Å²) in [7, 11) is -3.04. The molecule has 0 spiro atoms. The summed E-state index contributed by atoms with van der Waals surface area (Å²) >= 11 is 0. The zero-order chi connectivity index (χ0) is 13.9. The molecule has 0 radical (unpaired) electrons. The highest BCUT2D eigenvalue weighted by molar-refractivity contribution is 7.88. The lowest BCUT2D eigenvalue weighted by molar-refractivity contribution is 0.179. The van der Waals surface area contributed by atoms with Gasteiger partial charge in [-0.05, 0) is 43.9 Å². The fourth-order valence-corrected chi connectivity index (χ4v) is 4.18. The van der Waals surface area contributed by atoms with E-state index >= 15 is 0 Å². The van der Waals surface area contributed by atoms with Gasteiger partial charge in [0.05, 0.1) is 6.26 Å². The summed E-state index contributed by atoms with van der Waals surface area (Å²) in [5.74, 6) is 1.02. The van der Waals surface area contributed by atoms with E-state index in [0.29, 0.717) is 24.9 Å². The molecular formula is C13H26N2O3S. The van der Waals surface area contributed by atoms with Crippen molar-refractivity contribution in [1.82, 2.24) is 4.31 Å². The molecule has 3 atom stereocenters. The maximum atomic E-state index is 11.6. The van der Waals surface area contributed by atoms with Gasteiger partial charge in [-0.15, -0.1) is 0 Å². The third kappa shape index (κ3) is 4.70. The average molecular weight is 290 g/mol. The maximum Gasteiger partial charge on any atom is 0.211 e. The minimum Gasteiger partial charge on any atom is -0.381 e. The first kappa shape index (κ1) is 15.2. The Kier molecular flexibility index (Phi) is 5.22. The molecule has 19 heavy (non-hydrogen) atoms. The largest absolute Gasteiger partial charge is 0.381 e. The van der Waals surface area contributed by atoms with E-state index in [4.69, 9.17) is 10.5 Å². The van der Waals surface area contributed by atoms with E-state index in [9.17, 15) is 8.42 Å². The van der Waals surface area contributed by atoms with Crippen LogP contribution in [0.1, 0.15) is 32.1 Å². The van der Waals surface area contributed by atoms with E-state index < -0.39 is 10.0 Å². The fourth-order valence-electron chi connectivity index (χ4n) is 3.24. The van der Waals surface area contributed by atoms with Crippen molar-refractivity contribution >= 4 is 10.0 Å². The molecule has 2 aliphatic heterocycles. The van der Waals surface area contributed by atoms with Gasteiger partial charge in [0.2, 0.25) is 10.0 Å². The SMILES string of the molecule is CS(=O)(=O)N1CCCC(CC(N)CC2CCOC2)C1. The Bertz CT molecular complexity index is 379. The quantitative estimate of drug-likeness (QED) is 0.813. The Morgan fingerprint density at radius 3 is 2.68 bits per heavy atom. The van der Waals surface area contributed by atoms with E-state index in [1.807, 2.05) is 0 Å². The number of sulfonamides is 1. The molecular weight excluding hydrogens is 264 g/mol. The van der Waals surface area contributed by atoms with Gasteiger partial charge in [0.15, 0.2) is 0 Å². The molecule has 0 aliphatic carbocycles. The Morgan fingerprint density at radius 2 is 2.05 bits per heavy atom. The van der Waals surface area contributed by atoms with E-state index in [1.54, 1.807) is 4.31 Å². The molecule has 2 rings (SSSR count). The van der Waals surface area contributed by atoms with Gasteiger partial charge in [0.1, 0.15) is 0 Å². The summed E-state index contributed by atoms with van der Waals surface area (Å²) < 4.78 is 30.1. The molecule has 0 aromatic carbocycles. The van der Waals surface area contributed by atoms with Crippen molar-refractivity contribution in [2.24, 2.45) is 17.6 Å². The van der Waals surface area contributed by atoms with Gasteiger partial charge < -0.3 is 10.5 Å². The molecule has 2 saturated heterocycles. The minimum absolute atomic E-state index is 0.177. The molecule has 0 saturated carbocycles. The summed E-state index contributed by atoms with van der Waals surface area (Å²) in [6.45, 7) is 3.02. The number of nitrogens with zero attached hydrogens (tertiary/aromatic N) is 1. The van der Waals surface area contributed by atoms with Gasteiger partial charge in [-0.3, -0.25) is 0 Å². The van der Waals surface area contributed by atoms with Gasteiger partial charge in [-0.25, -0.2) is 12.7 Å². The smallest absolute Gasteiger partial charge is 0.211 e. The maximum absolute atomic E-state index is 11.6. The molecule has 112 valence electrons. The molecule has 2 fully saturated rings. The van der Waals surface area contributed by atoms with Crippen LogP contribution in [-0.4, -0.2) is 51.3 Å². The topological polar surface area (TPSA) is 72.6 Å². The standard InChI is InChI=1S/C13H26N2O3S/c1-19(16,17)15-5-2-3-11(9-15)7-13(14)8-12-4-6-18-10-12/h11-13H,2-10,14H2,1H3. The van der Waals surface area contributed by atoms with Crippen LogP contribution >= 0.6 is 0 Å². The minimum atomic E-state index is -3.04. The van der Waals surface area contributed by atoms with Crippen molar-refractivity contribution in [1.29, 1.82) is 0 Å². The van der Waals surface area contributed by atoms with Crippen LogP contribution in [0.25, 0.3) is 0 Å². The van der Waals surface area contributed by atoms with Crippen LogP contribution in [0.4, 0.5) is 0 Å². The molecule has 0 aromatic rings. The molecule has 5 nitrogen and oxygen atoms in total. The highest BCUT2D eigenvalue weighted by Gasteiger charge is 2.28. The third-order valence-electron chi connectivity index (χ3n) is 4.25. The number of ether oxygens (including phenoxy) is 1. The van der Waals surface area contributed by atoms with Crippen molar-refractivity contribution in [2.75, 3.05) is 32.6 Å². The second-order valence-corrected chi connectivity index (χ2v) is 8.07. The molecule has 3 unspecified atom stereocenters. The second kappa shape index (κ2) is 6.52. The van der Waals surface area contributed by atoms with Crippen molar-refractivity contribution in [2.45, 2.75) is 38.1 Å². The number of hydrogen-bond donors (Lipinski definition) is 1. The number of nitrogens with two attached hydrogens (primary N) is 1. The van der Waals surface area contributed by atoms with Gasteiger partial charge >= 0.3 is 0 Å². The Hall–Kier alpha value is -0.170. The van der Waals surface area contributed by atoms with Crippen molar-refractivity contribution in [3.8, 4) is 0 Å². The molecule has 0 aromatic heterocycles. The zero-order valence-electron chi connectivity index (χ0n) is 11.8. The van der Waals surface area contributed by atoms with Crippen LogP contribution in [0.15, 0.2) is 0 Å². The van der Waals surface area contributed by atoms with Crippen LogP contribution in [-0.2, 0) is 14.8 Å². The lowest BCUT2D eigenvalue weighted by atomic mass is 9.88. The van der Waals surface area contributed by atoms with Crippen LogP contribution in [0.2, 0.25) is 0 Å². The Balaban J connectivity index is 1.78. The highest BCUT2D eigenvalue weighted by atomic mass is 32.2. The first-order valence-corrected chi connectivity index (χ1v) is 9.08. The predicted molar refractivity (Wildman–Crippen MR) is 75.3 cm³/mol. The summed E-state index contributed by atoms with van der Waals surface area (Å²) in [4.78, 5) is 0. The lowest BCUT2D eigenvalue weighted by Gasteiger charge is -2.32. The molecule has 2 N–H and O–H groups in total. The summed E-state index contributed by atoms with van der Waals surface area (Å²) in [5, 5.41) is 0. The highest BCUT2D eigenvalue weighted by Crippen LogP contribution is 2.25. The number of rotatable bonds is 5. The number of hydrogen-bond acceptors (Lipinski definition) is 4. The van der Waals surface area contributed by atoms with Gasteiger partial charge in [-0.2, -0.15) is 0 Å². The van der Waals surface area contributed by atoms with Crippen molar-refractivity contribution in [3.05, 3.63) is 0 Å². The molecule has 2 aliphatic rings. The fraction of sp³-hybridized carbons (Fsp3) is 1.00.